The van der Waals surface area contributed by atoms with E-state index in [1.807, 2.05) is 11.8 Å². The summed E-state index contributed by atoms with van der Waals surface area (Å²) in [5.41, 5.74) is 0.780. The van der Waals surface area contributed by atoms with Crippen molar-refractivity contribution in [3.8, 4) is 0 Å². The minimum atomic E-state index is -0.426. The van der Waals surface area contributed by atoms with Crippen LogP contribution in [0.25, 0.3) is 0 Å². The predicted molar refractivity (Wildman–Crippen MR) is 80.0 cm³/mol. The van der Waals surface area contributed by atoms with E-state index < -0.39 is 4.92 Å². The zero-order valence-corrected chi connectivity index (χ0v) is 12.4. The van der Waals surface area contributed by atoms with E-state index in [-0.39, 0.29) is 17.8 Å². The number of carbonyl (C=O) groups excluding carboxylic acids is 1. The first-order valence-corrected chi connectivity index (χ1v) is 7.27. The van der Waals surface area contributed by atoms with Gasteiger partial charge in [0.1, 0.15) is 0 Å². The molecule has 1 fully saturated rings. The molecule has 1 aromatic rings. The molecule has 6 nitrogen and oxygen atoms in total. The van der Waals surface area contributed by atoms with E-state index in [4.69, 9.17) is 0 Å². The lowest BCUT2D eigenvalue weighted by Crippen LogP contribution is -2.45. The normalized spacial score (nSPS) is 19.9. The molecule has 0 radical (unpaired) electrons. The van der Waals surface area contributed by atoms with Crippen molar-refractivity contribution >= 4 is 11.7 Å². The standard InChI is InChI=1S/C15H21N3O3/c1-11-5-4-8-17(10-11)15(19)16-12(2)13-6-3-7-14(9-13)18(20)21/h3,6-7,9,11-12H,4-5,8,10H2,1-2H3,(H,16,19). The number of benzene rings is 1. The minimum absolute atomic E-state index is 0.0418. The molecule has 2 atom stereocenters. The number of likely N-dealkylation sites (tertiary alicyclic amines) is 1. The number of hydrogen-bond donors (Lipinski definition) is 1. The highest BCUT2D eigenvalue weighted by molar-refractivity contribution is 5.74. The van der Waals surface area contributed by atoms with Crippen LogP contribution >= 0.6 is 0 Å². The Morgan fingerprint density at radius 2 is 2.29 bits per heavy atom. The first kappa shape index (κ1) is 15.3. The number of nitrogens with zero attached hydrogens (tertiary/aromatic N) is 2. The maximum Gasteiger partial charge on any atom is 0.317 e. The van der Waals surface area contributed by atoms with Gasteiger partial charge in [0.25, 0.3) is 5.69 Å². The summed E-state index contributed by atoms with van der Waals surface area (Å²) < 4.78 is 0. The zero-order valence-electron chi connectivity index (χ0n) is 12.4. The van der Waals surface area contributed by atoms with Crippen LogP contribution in [0.3, 0.4) is 0 Å². The highest BCUT2D eigenvalue weighted by atomic mass is 16.6. The number of carbonyl (C=O) groups is 1. The molecular weight excluding hydrogens is 270 g/mol. The van der Waals surface area contributed by atoms with Crippen molar-refractivity contribution in [1.29, 1.82) is 0 Å². The van der Waals surface area contributed by atoms with Gasteiger partial charge in [0.2, 0.25) is 0 Å². The molecule has 0 saturated carbocycles. The van der Waals surface area contributed by atoms with Crippen LogP contribution in [-0.4, -0.2) is 28.9 Å². The van der Waals surface area contributed by atoms with Gasteiger partial charge in [0.05, 0.1) is 11.0 Å². The van der Waals surface area contributed by atoms with E-state index in [1.165, 1.54) is 12.1 Å². The van der Waals surface area contributed by atoms with Crippen molar-refractivity contribution in [2.75, 3.05) is 13.1 Å². The van der Waals surface area contributed by atoms with Gasteiger partial charge in [0, 0.05) is 25.2 Å². The molecule has 114 valence electrons. The SMILES string of the molecule is CC1CCCN(C(=O)NC(C)c2cccc([N+](=O)[O-])c2)C1. The topological polar surface area (TPSA) is 75.5 Å². The molecule has 1 aliphatic heterocycles. The van der Waals surface area contributed by atoms with Crippen molar-refractivity contribution in [3.05, 3.63) is 39.9 Å². The molecule has 2 amide bonds. The molecule has 21 heavy (non-hydrogen) atoms. The first-order valence-electron chi connectivity index (χ1n) is 7.27. The Kier molecular flexibility index (Phi) is 4.77. The Labute approximate surface area is 124 Å². The predicted octanol–water partition coefficient (Wildman–Crippen LogP) is 3.10. The van der Waals surface area contributed by atoms with Crippen molar-refractivity contribution in [2.24, 2.45) is 5.92 Å². The third kappa shape index (κ3) is 3.93. The van der Waals surface area contributed by atoms with Crippen LogP contribution in [0.5, 0.6) is 0 Å². The molecule has 2 rings (SSSR count). The summed E-state index contributed by atoms with van der Waals surface area (Å²) in [6.45, 7) is 5.53. The second kappa shape index (κ2) is 6.56. The van der Waals surface area contributed by atoms with Crippen LogP contribution in [0.15, 0.2) is 24.3 Å². The summed E-state index contributed by atoms with van der Waals surface area (Å²) in [6.07, 6.45) is 2.18. The van der Waals surface area contributed by atoms with Crippen molar-refractivity contribution < 1.29 is 9.72 Å². The van der Waals surface area contributed by atoms with E-state index in [0.29, 0.717) is 5.92 Å². The lowest BCUT2D eigenvalue weighted by atomic mass is 10.0. The van der Waals surface area contributed by atoms with Crippen LogP contribution in [-0.2, 0) is 0 Å². The lowest BCUT2D eigenvalue weighted by Gasteiger charge is -2.32. The summed E-state index contributed by atoms with van der Waals surface area (Å²) in [7, 11) is 0. The molecule has 1 saturated heterocycles. The fourth-order valence-corrected chi connectivity index (χ4v) is 2.64. The molecule has 2 unspecified atom stereocenters. The van der Waals surface area contributed by atoms with Gasteiger partial charge in [-0.1, -0.05) is 19.1 Å². The van der Waals surface area contributed by atoms with Gasteiger partial charge in [-0.15, -0.1) is 0 Å². The molecule has 1 heterocycles. The summed E-state index contributed by atoms with van der Waals surface area (Å²) >= 11 is 0. The number of hydrogen-bond acceptors (Lipinski definition) is 3. The Hall–Kier alpha value is -2.11. The highest BCUT2D eigenvalue weighted by Gasteiger charge is 2.22. The summed E-state index contributed by atoms with van der Waals surface area (Å²) in [6, 6.07) is 6.03. The molecule has 1 N–H and O–H groups in total. The van der Waals surface area contributed by atoms with Crippen molar-refractivity contribution in [1.82, 2.24) is 10.2 Å². The van der Waals surface area contributed by atoms with Crippen LogP contribution < -0.4 is 5.32 Å². The maximum absolute atomic E-state index is 12.2. The molecule has 0 aromatic heterocycles. The average Bonchev–Trinajstić information content (AvgIpc) is 2.47. The summed E-state index contributed by atoms with van der Waals surface area (Å²) in [5.74, 6) is 0.526. The van der Waals surface area contributed by atoms with E-state index in [9.17, 15) is 14.9 Å². The Bertz CT molecular complexity index is 533. The average molecular weight is 291 g/mol. The second-order valence-corrected chi connectivity index (χ2v) is 5.72. The van der Waals surface area contributed by atoms with Crippen LogP contribution in [0.1, 0.15) is 38.3 Å². The number of urea groups is 1. The minimum Gasteiger partial charge on any atom is -0.331 e. The van der Waals surface area contributed by atoms with Gasteiger partial charge < -0.3 is 10.2 Å². The largest absolute Gasteiger partial charge is 0.331 e. The highest BCUT2D eigenvalue weighted by Crippen LogP contribution is 2.20. The van der Waals surface area contributed by atoms with E-state index in [2.05, 4.69) is 12.2 Å². The van der Waals surface area contributed by atoms with Crippen LogP contribution in [0.2, 0.25) is 0 Å². The lowest BCUT2D eigenvalue weighted by molar-refractivity contribution is -0.384. The van der Waals surface area contributed by atoms with Crippen LogP contribution in [0, 0.1) is 16.0 Å². The molecule has 1 aromatic carbocycles. The molecule has 0 spiro atoms. The molecular formula is C15H21N3O3. The van der Waals surface area contributed by atoms with Gasteiger partial charge >= 0.3 is 6.03 Å². The second-order valence-electron chi connectivity index (χ2n) is 5.72. The monoisotopic (exact) mass is 291 g/mol. The van der Waals surface area contributed by atoms with Gasteiger partial charge in [0.15, 0.2) is 0 Å². The summed E-state index contributed by atoms with van der Waals surface area (Å²) in [5, 5.41) is 13.7. The van der Waals surface area contributed by atoms with Gasteiger partial charge in [-0.25, -0.2) is 4.79 Å². The van der Waals surface area contributed by atoms with Gasteiger partial charge in [-0.05, 0) is 31.2 Å². The number of amides is 2. The quantitative estimate of drug-likeness (QED) is 0.686. The van der Waals surface area contributed by atoms with Gasteiger partial charge in [-0.3, -0.25) is 10.1 Å². The zero-order chi connectivity index (χ0) is 15.4. The van der Waals surface area contributed by atoms with Crippen LogP contribution in [0.4, 0.5) is 10.5 Å². The number of nitro benzene ring substituents is 1. The molecule has 6 heteroatoms. The maximum atomic E-state index is 12.2. The van der Waals surface area contributed by atoms with Crippen molar-refractivity contribution in [3.63, 3.8) is 0 Å². The first-order chi connectivity index (χ1) is 9.97. The number of rotatable bonds is 3. The van der Waals surface area contributed by atoms with E-state index in [0.717, 1.165) is 31.5 Å². The Morgan fingerprint density at radius 3 is 2.95 bits per heavy atom. The van der Waals surface area contributed by atoms with E-state index >= 15 is 0 Å². The Morgan fingerprint density at radius 1 is 1.52 bits per heavy atom. The fraction of sp³-hybridized carbons (Fsp3) is 0.533. The Balaban J connectivity index is 2.00. The molecule has 0 aliphatic carbocycles. The smallest absolute Gasteiger partial charge is 0.317 e. The third-order valence-electron chi connectivity index (χ3n) is 3.87. The number of nitro groups is 1. The summed E-state index contributed by atoms with van der Waals surface area (Å²) in [4.78, 5) is 24.4. The number of piperidine rings is 1. The fourth-order valence-electron chi connectivity index (χ4n) is 2.64. The third-order valence-corrected chi connectivity index (χ3v) is 3.87. The van der Waals surface area contributed by atoms with Gasteiger partial charge in [-0.2, -0.15) is 0 Å². The molecule has 1 aliphatic rings. The molecule has 0 bridgehead atoms. The van der Waals surface area contributed by atoms with Crippen molar-refractivity contribution in [2.45, 2.75) is 32.7 Å². The number of non-ortho nitro benzene ring substituents is 1. The number of nitrogens with one attached hydrogen (secondary N) is 1. The van der Waals surface area contributed by atoms with E-state index in [1.54, 1.807) is 12.1 Å².